The van der Waals surface area contributed by atoms with E-state index in [1.807, 2.05) is 0 Å². The third-order valence-electron chi connectivity index (χ3n) is 7.83. The Morgan fingerprint density at radius 2 is 1.03 bits per heavy atom. The molecule has 1 rings (SSSR count). The fourth-order valence-electron chi connectivity index (χ4n) is 4.72. The lowest BCUT2D eigenvalue weighted by Gasteiger charge is -2.35. The van der Waals surface area contributed by atoms with E-state index in [2.05, 4.69) is 67.5 Å². The molecule has 0 spiro atoms. The normalized spacial score (nSPS) is 12.3. The first-order valence-corrected chi connectivity index (χ1v) is 13.0. The van der Waals surface area contributed by atoms with Crippen LogP contribution in [0.15, 0.2) is 12.1 Å². The van der Waals surface area contributed by atoms with Gasteiger partial charge in [0.25, 0.3) is 0 Å². The van der Waals surface area contributed by atoms with Crippen molar-refractivity contribution in [2.75, 3.05) is 65.6 Å². The molecule has 0 bridgehead atoms. The van der Waals surface area contributed by atoms with Gasteiger partial charge in [-0.3, -0.25) is 0 Å². The summed E-state index contributed by atoms with van der Waals surface area (Å²) < 4.78 is 14.8. The highest BCUT2D eigenvalue weighted by Crippen LogP contribution is 2.29. The summed E-state index contributed by atoms with van der Waals surface area (Å²) in [5.74, 6) is 2.05. The number of benzene rings is 1. The van der Waals surface area contributed by atoms with Crippen LogP contribution in [0.4, 0.5) is 0 Å². The summed E-state index contributed by atoms with van der Waals surface area (Å²) in [7, 11) is 0. The molecule has 0 saturated heterocycles. The molecule has 4 heteroatoms. The summed E-state index contributed by atoms with van der Waals surface area (Å²) in [4.78, 5) is 0. The summed E-state index contributed by atoms with van der Waals surface area (Å²) in [6, 6.07) is 4.39. The molecular formula is C27H52N2O2+2. The van der Waals surface area contributed by atoms with Crippen molar-refractivity contribution < 1.29 is 18.4 Å². The average molecular weight is 437 g/mol. The standard InChI is InChI=1S/C27H52N2O2/c1-9-25-23-26(30-20-16-18-28(10-2,11-3)12-4)24(8)22-27(25)31-21-17-19-29(13-5,14-6)15-7/h22-23H,9-21H2,1-8H3/q+2. The number of quaternary nitrogens is 2. The first-order chi connectivity index (χ1) is 14.9. The molecule has 0 aliphatic carbocycles. The average Bonchev–Trinajstić information content (AvgIpc) is 2.81. The Balaban J connectivity index is 2.64. The monoisotopic (exact) mass is 436 g/mol. The molecule has 0 aliphatic rings. The smallest absolute Gasteiger partial charge is 0.123 e. The van der Waals surface area contributed by atoms with Crippen molar-refractivity contribution >= 4 is 0 Å². The van der Waals surface area contributed by atoms with E-state index in [1.165, 1.54) is 72.5 Å². The summed E-state index contributed by atoms with van der Waals surface area (Å²) >= 11 is 0. The van der Waals surface area contributed by atoms with Crippen molar-refractivity contribution in [3.8, 4) is 11.5 Å². The highest BCUT2D eigenvalue weighted by Gasteiger charge is 2.21. The van der Waals surface area contributed by atoms with E-state index in [9.17, 15) is 0 Å². The third-order valence-corrected chi connectivity index (χ3v) is 7.83. The molecule has 0 heterocycles. The Kier molecular flexibility index (Phi) is 12.5. The van der Waals surface area contributed by atoms with Crippen LogP contribution in [0.1, 0.15) is 72.4 Å². The van der Waals surface area contributed by atoms with Crippen LogP contribution in [-0.2, 0) is 6.42 Å². The van der Waals surface area contributed by atoms with Crippen LogP contribution in [0.5, 0.6) is 11.5 Å². The van der Waals surface area contributed by atoms with Gasteiger partial charge in [0.15, 0.2) is 0 Å². The summed E-state index contributed by atoms with van der Waals surface area (Å²) in [6.07, 6.45) is 3.16. The van der Waals surface area contributed by atoms with Crippen molar-refractivity contribution in [1.82, 2.24) is 0 Å². The molecule has 0 aliphatic heterocycles. The van der Waals surface area contributed by atoms with Gasteiger partial charge in [0.1, 0.15) is 11.5 Å². The van der Waals surface area contributed by atoms with Gasteiger partial charge in [-0.2, -0.15) is 0 Å². The molecule has 1 aromatic rings. The number of ether oxygens (including phenoxy) is 2. The lowest BCUT2D eigenvalue weighted by molar-refractivity contribution is -0.923. The minimum Gasteiger partial charge on any atom is -0.493 e. The van der Waals surface area contributed by atoms with Crippen LogP contribution in [0.2, 0.25) is 0 Å². The highest BCUT2D eigenvalue weighted by atomic mass is 16.5. The quantitative estimate of drug-likeness (QED) is 0.225. The van der Waals surface area contributed by atoms with Gasteiger partial charge in [0.05, 0.1) is 65.6 Å². The Bertz CT molecular complexity index is 605. The van der Waals surface area contributed by atoms with Gasteiger partial charge in [-0.05, 0) is 78.1 Å². The Labute approximate surface area is 193 Å². The Morgan fingerprint density at radius 3 is 1.42 bits per heavy atom. The fraction of sp³-hybridized carbons (Fsp3) is 0.778. The lowest BCUT2D eigenvalue weighted by Crippen LogP contribution is -2.48. The van der Waals surface area contributed by atoms with Crippen LogP contribution in [0, 0.1) is 6.92 Å². The van der Waals surface area contributed by atoms with E-state index in [1.54, 1.807) is 0 Å². The van der Waals surface area contributed by atoms with Crippen LogP contribution >= 0.6 is 0 Å². The van der Waals surface area contributed by atoms with Crippen molar-refractivity contribution in [3.05, 3.63) is 23.3 Å². The van der Waals surface area contributed by atoms with Crippen molar-refractivity contribution in [2.24, 2.45) is 0 Å². The molecule has 0 unspecified atom stereocenters. The van der Waals surface area contributed by atoms with Crippen LogP contribution in [0.3, 0.4) is 0 Å². The van der Waals surface area contributed by atoms with Gasteiger partial charge in [-0.1, -0.05) is 6.92 Å². The van der Waals surface area contributed by atoms with E-state index in [0.29, 0.717) is 0 Å². The maximum atomic E-state index is 6.24. The second kappa shape index (κ2) is 14.0. The third kappa shape index (κ3) is 7.98. The van der Waals surface area contributed by atoms with Gasteiger partial charge in [-0.15, -0.1) is 0 Å². The minimum absolute atomic E-state index is 0.787. The van der Waals surface area contributed by atoms with Crippen molar-refractivity contribution in [1.29, 1.82) is 0 Å². The molecule has 31 heavy (non-hydrogen) atoms. The second-order valence-electron chi connectivity index (χ2n) is 9.01. The molecule has 1 aromatic carbocycles. The number of hydrogen-bond donors (Lipinski definition) is 0. The first kappa shape index (κ1) is 27.8. The summed E-state index contributed by atoms with van der Waals surface area (Å²) in [6.45, 7) is 29.3. The molecule has 0 atom stereocenters. The lowest BCUT2D eigenvalue weighted by atomic mass is 10.1. The summed E-state index contributed by atoms with van der Waals surface area (Å²) in [5, 5.41) is 0. The van der Waals surface area contributed by atoms with Gasteiger partial charge in [0.2, 0.25) is 0 Å². The molecule has 180 valence electrons. The van der Waals surface area contributed by atoms with E-state index in [4.69, 9.17) is 9.47 Å². The molecule has 4 nitrogen and oxygen atoms in total. The molecule has 0 aromatic heterocycles. The topological polar surface area (TPSA) is 18.5 Å². The van der Waals surface area contributed by atoms with E-state index in [-0.39, 0.29) is 0 Å². The zero-order valence-corrected chi connectivity index (χ0v) is 22.1. The molecule has 0 radical (unpaired) electrons. The van der Waals surface area contributed by atoms with E-state index < -0.39 is 0 Å². The molecule has 0 amide bonds. The van der Waals surface area contributed by atoms with Crippen molar-refractivity contribution in [3.63, 3.8) is 0 Å². The van der Waals surface area contributed by atoms with Crippen LogP contribution in [-0.4, -0.2) is 74.5 Å². The number of aryl methyl sites for hydroxylation is 2. The Morgan fingerprint density at radius 1 is 0.613 bits per heavy atom. The predicted octanol–water partition coefficient (Wildman–Crippen LogP) is 5.85. The molecule has 0 fully saturated rings. The predicted molar refractivity (Wildman–Crippen MR) is 134 cm³/mol. The van der Waals surface area contributed by atoms with Crippen molar-refractivity contribution in [2.45, 2.75) is 74.7 Å². The number of nitrogens with zero attached hydrogens (tertiary/aromatic N) is 2. The minimum atomic E-state index is 0.787. The van der Waals surface area contributed by atoms with E-state index in [0.717, 1.165) is 44.0 Å². The van der Waals surface area contributed by atoms with Gasteiger partial charge >= 0.3 is 0 Å². The SMILES string of the molecule is CCc1cc(OCCC[N+](CC)(CC)CC)c(C)cc1OCCC[N+](CC)(CC)CC. The number of rotatable bonds is 17. The fourth-order valence-corrected chi connectivity index (χ4v) is 4.72. The Hall–Kier alpha value is -1.26. The van der Waals surface area contributed by atoms with Gasteiger partial charge in [0, 0.05) is 12.8 Å². The summed E-state index contributed by atoms with van der Waals surface area (Å²) in [5.41, 5.74) is 2.43. The largest absolute Gasteiger partial charge is 0.493 e. The number of hydrogen-bond acceptors (Lipinski definition) is 2. The first-order valence-electron chi connectivity index (χ1n) is 13.0. The zero-order valence-electron chi connectivity index (χ0n) is 22.1. The highest BCUT2D eigenvalue weighted by molar-refractivity contribution is 5.46. The molecular weight excluding hydrogens is 384 g/mol. The van der Waals surface area contributed by atoms with Crippen LogP contribution < -0.4 is 9.47 Å². The van der Waals surface area contributed by atoms with Crippen LogP contribution in [0.25, 0.3) is 0 Å². The maximum Gasteiger partial charge on any atom is 0.123 e. The second-order valence-corrected chi connectivity index (χ2v) is 9.01. The van der Waals surface area contributed by atoms with Gasteiger partial charge in [-0.25, -0.2) is 0 Å². The maximum absolute atomic E-state index is 6.24. The zero-order chi connectivity index (χ0) is 23.3. The molecule has 0 saturated carbocycles. The molecule has 0 N–H and O–H groups in total. The van der Waals surface area contributed by atoms with E-state index >= 15 is 0 Å². The van der Waals surface area contributed by atoms with Gasteiger partial charge < -0.3 is 18.4 Å².